The zero-order valence-corrected chi connectivity index (χ0v) is 41.2. The molecule has 1 atom stereocenters. The Morgan fingerprint density at radius 3 is 2.49 bits per heavy atom. The number of piperazine rings is 1. The number of nitro benzene ring substituents is 1. The van der Waals surface area contributed by atoms with E-state index in [0.717, 1.165) is 112 Å². The number of hydrogen-bond acceptors (Lipinski definition) is 11. The predicted molar refractivity (Wildman–Crippen MR) is 272 cm³/mol. The first kappa shape index (κ1) is 48.2. The van der Waals surface area contributed by atoms with Gasteiger partial charge in [0.25, 0.3) is 21.6 Å². The van der Waals surface area contributed by atoms with Gasteiger partial charge in [-0.15, -0.1) is 9.41 Å². The molecule has 2 saturated heterocycles. The van der Waals surface area contributed by atoms with Gasteiger partial charge in [0.2, 0.25) is 0 Å². The molecule has 3 aliphatic rings. The maximum atomic E-state index is 14.0. The van der Waals surface area contributed by atoms with Gasteiger partial charge in [-0.3, -0.25) is 24.2 Å². The minimum absolute atomic E-state index is 0.0271. The van der Waals surface area contributed by atoms with Crippen LogP contribution < -0.4 is 14.4 Å². The number of fused-ring (bicyclic) bond motifs is 1. The summed E-state index contributed by atoms with van der Waals surface area (Å²) in [6.45, 7) is 16.0. The van der Waals surface area contributed by atoms with E-state index in [1.54, 1.807) is 30.5 Å². The van der Waals surface area contributed by atoms with E-state index in [1.165, 1.54) is 35.0 Å². The van der Waals surface area contributed by atoms with E-state index in [-0.39, 0.29) is 33.2 Å². The number of H-pyrrole nitrogens is 1. The highest BCUT2D eigenvalue weighted by Gasteiger charge is 2.31. The number of nitrogens with zero attached hydrogens (tertiary/aromatic N) is 6. The molecule has 14 nitrogen and oxygen atoms in total. The summed E-state index contributed by atoms with van der Waals surface area (Å²) < 4.78 is 41.0. The largest absolute Gasteiger partial charge is 0.455 e. The number of pyridine rings is 1. The van der Waals surface area contributed by atoms with E-state index in [4.69, 9.17) is 20.7 Å². The Bertz CT molecular complexity index is 2900. The van der Waals surface area contributed by atoms with Crippen LogP contribution in [0.1, 0.15) is 68.4 Å². The first-order chi connectivity index (χ1) is 32.0. The molecule has 356 valence electrons. The number of amides is 1. The van der Waals surface area contributed by atoms with Crippen molar-refractivity contribution in [2.75, 3.05) is 75.3 Å². The number of allylic oxidation sites excluding steroid dienone is 1. The number of halogens is 1. The van der Waals surface area contributed by atoms with Gasteiger partial charge in [0.1, 0.15) is 17.1 Å². The third kappa shape index (κ3) is 11.7. The molecule has 2 aromatic heterocycles. The third-order valence-electron chi connectivity index (χ3n) is 13.2. The quantitative estimate of drug-likeness (QED) is 0.0587. The zero-order chi connectivity index (χ0) is 47.5. The molecule has 2 fully saturated rings. The number of sulfonamides is 1. The molecule has 0 unspecified atom stereocenters. The van der Waals surface area contributed by atoms with Gasteiger partial charge in [0.15, 0.2) is 0 Å². The number of carbonyl (C=O) groups is 1. The van der Waals surface area contributed by atoms with Gasteiger partial charge < -0.3 is 19.5 Å². The average molecular weight is 970 g/mol. The number of hydrogen-bond donors (Lipinski definition) is 2. The molecule has 8 rings (SSSR count). The molecule has 4 heterocycles. The minimum atomic E-state index is -4.56. The number of rotatable bonds is 15. The Kier molecular flexibility index (Phi) is 14.5. The fraction of sp³-hybridized carbons (Fsp3) is 0.420. The Hall–Kier alpha value is -5.26. The lowest BCUT2D eigenvalue weighted by molar-refractivity contribution is -0.385. The smallest absolute Gasteiger partial charge is 0.273 e. The maximum absolute atomic E-state index is 14.0. The summed E-state index contributed by atoms with van der Waals surface area (Å²) in [4.78, 5) is 40.0. The van der Waals surface area contributed by atoms with Gasteiger partial charge in [-0.05, 0) is 97.5 Å². The van der Waals surface area contributed by atoms with Crippen LogP contribution in [0.5, 0.6) is 11.5 Å². The fourth-order valence-corrected chi connectivity index (χ4v) is 12.9. The molecule has 0 bridgehead atoms. The predicted octanol–water partition coefficient (Wildman–Crippen LogP) is 9.11. The van der Waals surface area contributed by atoms with Gasteiger partial charge in [-0.2, -0.15) is 0 Å². The highest BCUT2D eigenvalue weighted by Crippen LogP contribution is 2.43. The second-order valence-electron chi connectivity index (χ2n) is 19.0. The van der Waals surface area contributed by atoms with Gasteiger partial charge in [0.05, 0.1) is 21.6 Å². The summed E-state index contributed by atoms with van der Waals surface area (Å²) in [6, 6.07) is 20.8. The number of anilines is 1. The normalized spacial score (nSPS) is 18.4. The average Bonchev–Trinajstić information content (AvgIpc) is 3.76. The minimum Gasteiger partial charge on any atom is -0.455 e. The molecule has 5 aromatic rings. The Balaban J connectivity index is 0.979. The van der Waals surface area contributed by atoms with Crippen molar-refractivity contribution >= 4 is 70.8 Å². The number of aromatic amines is 1. The highest BCUT2D eigenvalue weighted by atomic mass is 35.5. The molecule has 2 aliphatic heterocycles. The van der Waals surface area contributed by atoms with Crippen molar-refractivity contribution in [1.29, 1.82) is 0 Å². The number of ether oxygens (including phenoxy) is 1. The second kappa shape index (κ2) is 20.1. The lowest BCUT2D eigenvalue weighted by Gasteiger charge is -2.39. The monoisotopic (exact) mass is 968 g/mol. The summed E-state index contributed by atoms with van der Waals surface area (Å²) in [5.74, 6) is 5.89. The van der Waals surface area contributed by atoms with Crippen LogP contribution in [0, 0.1) is 21.4 Å². The molecule has 17 heteroatoms. The Morgan fingerprint density at radius 1 is 1.03 bits per heavy atom. The second-order valence-corrected chi connectivity index (χ2v) is 24.2. The first-order valence-electron chi connectivity index (χ1n) is 23.0. The van der Waals surface area contributed by atoms with Crippen molar-refractivity contribution in [2.45, 2.75) is 58.3 Å². The molecule has 67 heavy (non-hydrogen) atoms. The van der Waals surface area contributed by atoms with Gasteiger partial charge in [-0.25, -0.2) is 18.1 Å². The molecule has 1 amide bonds. The van der Waals surface area contributed by atoms with Crippen LogP contribution in [0.3, 0.4) is 0 Å². The van der Waals surface area contributed by atoms with E-state index in [1.807, 2.05) is 32.0 Å². The van der Waals surface area contributed by atoms with Gasteiger partial charge in [0, 0.05) is 110 Å². The first-order valence-corrected chi connectivity index (χ1v) is 27.0. The SMILES string of the molecule is C=S1(=NCC)CCN(C[C@H](C)Cc2ccc(S(=O)(=O)NC(=O)c3ccc(N4CCN(CC5=C(c6ccc(Cl)cc6)CC(C)(C)CC5)CC4)cc3Oc3cnc4[nH]ccc4c3)cc2[N+](=O)[O-])CC1. The molecule has 3 aromatic carbocycles. The topological polar surface area (TPSA) is 166 Å². The maximum Gasteiger partial charge on any atom is 0.273 e. The number of nitrogens with one attached hydrogen (secondary N) is 2. The number of nitro groups is 1. The molecule has 0 saturated carbocycles. The van der Waals surface area contributed by atoms with Crippen molar-refractivity contribution in [3.63, 3.8) is 0 Å². The van der Waals surface area contributed by atoms with Crippen LogP contribution >= 0.6 is 11.6 Å². The number of benzene rings is 3. The lowest BCUT2D eigenvalue weighted by atomic mass is 9.72. The summed E-state index contributed by atoms with van der Waals surface area (Å²) in [5, 5.41) is 13.9. The Labute approximate surface area is 399 Å². The van der Waals surface area contributed by atoms with Crippen molar-refractivity contribution in [2.24, 2.45) is 15.7 Å². The molecule has 2 N–H and O–H groups in total. The van der Waals surface area contributed by atoms with Crippen molar-refractivity contribution in [3.05, 3.63) is 123 Å². The van der Waals surface area contributed by atoms with E-state index in [2.05, 4.69) is 61.2 Å². The molecule has 0 spiro atoms. The van der Waals surface area contributed by atoms with E-state index >= 15 is 0 Å². The van der Waals surface area contributed by atoms with Crippen LogP contribution in [0.25, 0.3) is 16.6 Å². The van der Waals surface area contributed by atoms with E-state index < -0.39 is 30.3 Å². The summed E-state index contributed by atoms with van der Waals surface area (Å²) >= 11 is 6.25. The van der Waals surface area contributed by atoms with E-state index in [0.29, 0.717) is 23.4 Å². The van der Waals surface area contributed by atoms with Gasteiger partial charge >= 0.3 is 0 Å². The molecular weight excluding hydrogens is 908 g/mol. The number of aromatic nitrogens is 2. The standard InChI is InChI=1S/C50H61ClN8O6S2/c1-6-54-66(5)25-23-57(24-26-66)33-35(2)27-37-9-13-43(30-46(37)59(61)62)67(63,64)55-49(60)44-14-12-41(29-47(44)65-42-28-38-16-18-52-48(38)53-32-42)58-21-19-56(20-22-58)34-39-15-17-50(3,4)31-45(39)36-7-10-40(51)11-8-36/h7-14,16,18,28-30,32,35H,5-6,15,17,19-27,31,33-34H2,1-4H3,(H,52,53)(H,55,60)/t35-/m1/s1. The van der Waals surface area contributed by atoms with Crippen molar-refractivity contribution < 1.29 is 22.9 Å². The fourth-order valence-electron chi connectivity index (χ4n) is 9.55. The van der Waals surface area contributed by atoms with Gasteiger partial charge in [-0.1, -0.05) is 62.0 Å². The molecule has 0 radical (unpaired) electrons. The highest BCUT2D eigenvalue weighted by molar-refractivity contribution is 8.02. The van der Waals surface area contributed by atoms with Crippen molar-refractivity contribution in [1.82, 2.24) is 24.5 Å². The zero-order valence-electron chi connectivity index (χ0n) is 38.8. The van der Waals surface area contributed by atoms with E-state index in [9.17, 15) is 23.3 Å². The van der Waals surface area contributed by atoms with Crippen LogP contribution in [-0.4, -0.2) is 115 Å². The summed E-state index contributed by atoms with van der Waals surface area (Å²) in [6.07, 6.45) is 6.88. The lowest BCUT2D eigenvalue weighted by Crippen LogP contribution is -2.47. The van der Waals surface area contributed by atoms with Crippen molar-refractivity contribution in [3.8, 4) is 11.5 Å². The van der Waals surface area contributed by atoms with Crippen LogP contribution in [0.2, 0.25) is 5.02 Å². The number of carbonyl (C=O) groups excluding carboxylic acids is 1. The van der Waals surface area contributed by atoms with Crippen LogP contribution in [0.15, 0.2) is 100 Å². The molecular formula is C50H61ClN8O6S2. The van der Waals surface area contributed by atoms with Crippen LogP contribution in [-0.2, 0) is 25.9 Å². The summed E-state index contributed by atoms with van der Waals surface area (Å²) in [5.41, 5.74) is 5.90. The van der Waals surface area contributed by atoms with Crippen LogP contribution in [0.4, 0.5) is 11.4 Å². The third-order valence-corrected chi connectivity index (χ3v) is 17.5. The Morgan fingerprint density at radius 2 is 1.78 bits per heavy atom. The summed E-state index contributed by atoms with van der Waals surface area (Å²) in [7, 11) is -5.75. The molecule has 1 aliphatic carbocycles.